The summed E-state index contributed by atoms with van der Waals surface area (Å²) in [5, 5.41) is 47.0. The van der Waals surface area contributed by atoms with Gasteiger partial charge in [-0.1, -0.05) is 42.5 Å². The highest BCUT2D eigenvalue weighted by atomic mass is 16.4. The molecule has 2 rings (SSSR count). The normalized spacial score (nSPS) is 14.2. The second-order valence-electron chi connectivity index (χ2n) is 10.0. The number of aromatic hydroxyl groups is 1. The SMILES string of the molecule is C[C@H](NC(=O)[C@H](CCC(=O)O)NC(=O)[C@H](CO)NC(=O)[C@@H](N)Cc1ccc(O)cc1)C(=O)N[C@@H](Cc1ccccc1)C(=O)O. The summed E-state index contributed by atoms with van der Waals surface area (Å²) in [6.07, 6.45) is -0.930. The van der Waals surface area contributed by atoms with Crippen LogP contribution in [-0.2, 0) is 41.6 Å². The molecule has 0 heterocycles. The lowest BCUT2D eigenvalue weighted by Gasteiger charge is -2.24. The first kappa shape index (κ1) is 35.2. The molecule has 0 fully saturated rings. The van der Waals surface area contributed by atoms with Crippen LogP contribution in [0.5, 0.6) is 5.75 Å². The van der Waals surface area contributed by atoms with Gasteiger partial charge < -0.3 is 47.4 Å². The molecule has 10 N–H and O–H groups in total. The van der Waals surface area contributed by atoms with Crippen LogP contribution in [0, 0.1) is 0 Å². The van der Waals surface area contributed by atoms with Gasteiger partial charge in [-0.3, -0.25) is 24.0 Å². The number of aliphatic hydroxyl groups excluding tert-OH is 1. The minimum atomic E-state index is -1.55. The first-order valence-electron chi connectivity index (χ1n) is 13.6. The van der Waals surface area contributed by atoms with E-state index in [-0.39, 0.29) is 18.6 Å². The van der Waals surface area contributed by atoms with E-state index in [9.17, 15) is 44.1 Å². The van der Waals surface area contributed by atoms with Gasteiger partial charge >= 0.3 is 11.9 Å². The number of aliphatic hydroxyl groups is 1. The van der Waals surface area contributed by atoms with Gasteiger partial charge in [0, 0.05) is 12.8 Å². The quantitative estimate of drug-likeness (QED) is 0.0979. The molecule has 0 saturated carbocycles. The Balaban J connectivity index is 2.03. The largest absolute Gasteiger partial charge is 0.508 e. The molecule has 0 bridgehead atoms. The lowest BCUT2D eigenvalue weighted by Crippen LogP contribution is -2.59. The fourth-order valence-corrected chi connectivity index (χ4v) is 3.99. The van der Waals surface area contributed by atoms with Crippen molar-refractivity contribution >= 4 is 35.6 Å². The maximum absolute atomic E-state index is 13.0. The molecule has 15 nitrogen and oxygen atoms in total. The van der Waals surface area contributed by atoms with Gasteiger partial charge in [-0.25, -0.2) is 4.79 Å². The molecule has 0 aromatic heterocycles. The highest BCUT2D eigenvalue weighted by Gasteiger charge is 2.30. The average molecular weight is 616 g/mol. The maximum Gasteiger partial charge on any atom is 0.326 e. The fourth-order valence-electron chi connectivity index (χ4n) is 3.99. The van der Waals surface area contributed by atoms with E-state index in [2.05, 4.69) is 21.3 Å². The average Bonchev–Trinajstić information content (AvgIpc) is 2.98. The molecule has 0 aliphatic heterocycles. The van der Waals surface area contributed by atoms with Crippen molar-refractivity contribution in [2.75, 3.05) is 6.61 Å². The van der Waals surface area contributed by atoms with E-state index < -0.39 is 85.2 Å². The summed E-state index contributed by atoms with van der Waals surface area (Å²) < 4.78 is 0. The van der Waals surface area contributed by atoms with Crippen molar-refractivity contribution in [1.82, 2.24) is 21.3 Å². The third-order valence-electron chi connectivity index (χ3n) is 6.47. The van der Waals surface area contributed by atoms with Gasteiger partial charge in [0.1, 0.15) is 29.9 Å². The van der Waals surface area contributed by atoms with E-state index in [1.807, 2.05) is 0 Å². The van der Waals surface area contributed by atoms with E-state index in [1.165, 1.54) is 19.1 Å². The number of hydrogen-bond donors (Lipinski definition) is 9. The molecule has 0 radical (unpaired) electrons. The summed E-state index contributed by atoms with van der Waals surface area (Å²) in [5.74, 6) is -6.17. The Hall–Kier alpha value is -5.02. The number of nitrogens with one attached hydrogen (secondary N) is 4. The zero-order valence-corrected chi connectivity index (χ0v) is 23.9. The number of aliphatic carboxylic acids is 2. The van der Waals surface area contributed by atoms with Crippen molar-refractivity contribution in [2.24, 2.45) is 5.73 Å². The number of amides is 4. The lowest BCUT2D eigenvalue weighted by molar-refractivity contribution is -0.142. The molecule has 0 saturated heterocycles. The van der Waals surface area contributed by atoms with E-state index in [0.29, 0.717) is 11.1 Å². The van der Waals surface area contributed by atoms with Crippen molar-refractivity contribution in [1.29, 1.82) is 0 Å². The fraction of sp³-hybridized carbons (Fsp3) is 0.379. The van der Waals surface area contributed by atoms with Crippen LogP contribution < -0.4 is 27.0 Å². The number of carboxylic acids is 2. The summed E-state index contributed by atoms with van der Waals surface area (Å²) in [6, 6.07) is 7.70. The molecule has 44 heavy (non-hydrogen) atoms. The number of phenols is 1. The van der Waals surface area contributed by atoms with E-state index >= 15 is 0 Å². The smallest absolute Gasteiger partial charge is 0.326 e. The van der Waals surface area contributed by atoms with Crippen LogP contribution in [-0.4, -0.2) is 92.8 Å². The molecule has 4 amide bonds. The van der Waals surface area contributed by atoms with Crippen molar-refractivity contribution in [3.63, 3.8) is 0 Å². The zero-order valence-electron chi connectivity index (χ0n) is 23.9. The second kappa shape index (κ2) is 17.2. The van der Waals surface area contributed by atoms with Gasteiger partial charge in [-0.05, 0) is 43.0 Å². The Morgan fingerprint density at radius 2 is 1.25 bits per heavy atom. The number of carboxylic acid groups (broad SMARTS) is 2. The molecule has 5 atom stereocenters. The first-order chi connectivity index (χ1) is 20.8. The van der Waals surface area contributed by atoms with Gasteiger partial charge in [0.2, 0.25) is 23.6 Å². The van der Waals surface area contributed by atoms with Crippen LogP contribution in [0.25, 0.3) is 0 Å². The van der Waals surface area contributed by atoms with Crippen LogP contribution >= 0.6 is 0 Å². The van der Waals surface area contributed by atoms with Gasteiger partial charge in [-0.2, -0.15) is 0 Å². The molecule has 15 heteroatoms. The topological polar surface area (TPSA) is 257 Å². The monoisotopic (exact) mass is 615 g/mol. The van der Waals surface area contributed by atoms with Crippen LogP contribution in [0.3, 0.4) is 0 Å². The van der Waals surface area contributed by atoms with Gasteiger partial charge in [-0.15, -0.1) is 0 Å². The number of hydrogen-bond acceptors (Lipinski definition) is 9. The van der Waals surface area contributed by atoms with Crippen molar-refractivity contribution in [3.8, 4) is 5.75 Å². The third-order valence-corrected chi connectivity index (χ3v) is 6.47. The number of phenolic OH excluding ortho intramolecular Hbond substituents is 1. The third kappa shape index (κ3) is 11.7. The molecule has 238 valence electrons. The van der Waals surface area contributed by atoms with Crippen LogP contribution in [0.4, 0.5) is 0 Å². The molecule has 0 unspecified atom stereocenters. The Kier molecular flexibility index (Phi) is 13.7. The van der Waals surface area contributed by atoms with E-state index in [1.54, 1.807) is 42.5 Å². The Labute approximate surface area is 252 Å². The lowest BCUT2D eigenvalue weighted by atomic mass is 10.1. The Bertz CT molecular complexity index is 1310. The number of carbonyl (C=O) groups is 6. The summed E-state index contributed by atoms with van der Waals surface area (Å²) in [5.41, 5.74) is 7.18. The minimum absolute atomic E-state index is 0.0211. The number of carbonyl (C=O) groups excluding carboxylic acids is 4. The minimum Gasteiger partial charge on any atom is -0.508 e. The Morgan fingerprint density at radius 1 is 0.705 bits per heavy atom. The van der Waals surface area contributed by atoms with Crippen molar-refractivity contribution < 1.29 is 49.2 Å². The van der Waals surface area contributed by atoms with Crippen molar-refractivity contribution in [2.45, 2.75) is 62.8 Å². The molecule has 0 aliphatic carbocycles. The van der Waals surface area contributed by atoms with Gasteiger partial charge in [0.15, 0.2) is 0 Å². The molecule has 0 aliphatic rings. The predicted octanol–water partition coefficient (Wildman–Crippen LogP) is -1.59. The number of nitrogens with two attached hydrogens (primary N) is 1. The molecule has 2 aromatic rings. The standard InChI is InChI=1S/C29H37N5O10/c1-16(25(39)33-22(29(43)44)14-17-5-3-2-4-6-17)31-27(41)21(11-12-24(37)38)32-28(42)23(15-35)34-26(40)20(30)13-18-7-9-19(36)10-8-18/h2-10,16,20-23,35-36H,11-15,30H2,1H3,(H,31,41)(H,32,42)(H,33,39)(H,34,40)(H,37,38)(H,43,44)/t16-,20-,21-,22-,23-/m0/s1. The number of benzene rings is 2. The molecule has 2 aromatic carbocycles. The highest BCUT2D eigenvalue weighted by Crippen LogP contribution is 2.11. The molecule has 0 spiro atoms. The van der Waals surface area contributed by atoms with Crippen LogP contribution in [0.2, 0.25) is 0 Å². The van der Waals surface area contributed by atoms with Crippen LogP contribution in [0.15, 0.2) is 54.6 Å². The second-order valence-corrected chi connectivity index (χ2v) is 10.0. The molecular formula is C29H37N5O10. The van der Waals surface area contributed by atoms with E-state index in [0.717, 1.165) is 0 Å². The predicted molar refractivity (Wildman–Crippen MR) is 155 cm³/mol. The summed E-state index contributed by atoms with van der Waals surface area (Å²) in [6.45, 7) is 0.393. The summed E-state index contributed by atoms with van der Waals surface area (Å²) >= 11 is 0. The van der Waals surface area contributed by atoms with Crippen LogP contribution in [0.1, 0.15) is 30.9 Å². The van der Waals surface area contributed by atoms with Gasteiger partial charge in [0.05, 0.1) is 12.6 Å². The Morgan fingerprint density at radius 3 is 1.82 bits per heavy atom. The number of rotatable bonds is 17. The van der Waals surface area contributed by atoms with E-state index in [4.69, 9.17) is 10.8 Å². The zero-order chi connectivity index (χ0) is 32.8. The first-order valence-corrected chi connectivity index (χ1v) is 13.6. The summed E-state index contributed by atoms with van der Waals surface area (Å²) in [4.78, 5) is 74.0. The highest BCUT2D eigenvalue weighted by molar-refractivity contribution is 5.95. The van der Waals surface area contributed by atoms with Crippen molar-refractivity contribution in [3.05, 3.63) is 65.7 Å². The van der Waals surface area contributed by atoms with Gasteiger partial charge in [0.25, 0.3) is 0 Å². The maximum atomic E-state index is 13.0. The summed E-state index contributed by atoms with van der Waals surface area (Å²) in [7, 11) is 0. The molecular weight excluding hydrogens is 578 g/mol.